The number of anilines is 1. The number of ether oxygens (including phenoxy) is 1. The zero-order chi connectivity index (χ0) is 20.1. The normalized spacial score (nSPS) is 10.6. The second-order valence-corrected chi connectivity index (χ2v) is 7.32. The van der Waals surface area contributed by atoms with Crippen LogP contribution in [0.1, 0.15) is 0 Å². The molecule has 0 spiro atoms. The van der Waals surface area contributed by atoms with E-state index < -0.39 is 5.63 Å². The van der Waals surface area contributed by atoms with Crippen LogP contribution >= 0.6 is 11.8 Å². The van der Waals surface area contributed by atoms with Gasteiger partial charge in [-0.3, -0.25) is 4.79 Å². The SMILES string of the molecule is O=C(COc1ccc2ccc(=O)oc2c1)Nc1ccccc1Sc1ccccc1. The second-order valence-electron chi connectivity index (χ2n) is 6.20. The summed E-state index contributed by atoms with van der Waals surface area (Å²) in [5, 5.41) is 3.67. The fourth-order valence-electron chi connectivity index (χ4n) is 2.74. The lowest BCUT2D eigenvalue weighted by molar-refractivity contribution is -0.118. The number of carbonyl (C=O) groups is 1. The van der Waals surface area contributed by atoms with Crippen LogP contribution in [0.2, 0.25) is 0 Å². The number of hydrogen-bond donors (Lipinski definition) is 1. The van der Waals surface area contributed by atoms with Gasteiger partial charge in [-0.05, 0) is 42.5 Å². The van der Waals surface area contributed by atoms with Crippen molar-refractivity contribution in [2.75, 3.05) is 11.9 Å². The van der Waals surface area contributed by atoms with E-state index in [1.54, 1.807) is 36.0 Å². The van der Waals surface area contributed by atoms with Crippen molar-refractivity contribution in [1.82, 2.24) is 0 Å². The summed E-state index contributed by atoms with van der Waals surface area (Å²) in [6.45, 7) is -0.160. The number of hydrogen-bond acceptors (Lipinski definition) is 5. The van der Waals surface area contributed by atoms with Gasteiger partial charge in [0.25, 0.3) is 5.91 Å². The van der Waals surface area contributed by atoms with Gasteiger partial charge in [0.05, 0.1) is 5.69 Å². The first-order valence-corrected chi connectivity index (χ1v) is 9.77. The summed E-state index contributed by atoms with van der Waals surface area (Å²) in [6.07, 6.45) is 0. The molecule has 0 saturated heterocycles. The molecule has 1 heterocycles. The van der Waals surface area contributed by atoms with E-state index in [-0.39, 0.29) is 12.5 Å². The Bertz CT molecular complexity index is 1200. The zero-order valence-corrected chi connectivity index (χ0v) is 16.1. The van der Waals surface area contributed by atoms with Crippen LogP contribution in [0.15, 0.2) is 104 Å². The molecule has 0 bridgehead atoms. The molecule has 0 aliphatic rings. The molecule has 0 aliphatic carbocycles. The highest BCUT2D eigenvalue weighted by Gasteiger charge is 2.09. The van der Waals surface area contributed by atoms with Crippen molar-refractivity contribution >= 4 is 34.3 Å². The maximum atomic E-state index is 12.4. The average molecular weight is 403 g/mol. The molecule has 0 saturated carbocycles. The Morgan fingerprint density at radius 1 is 0.931 bits per heavy atom. The topological polar surface area (TPSA) is 68.5 Å². The molecule has 144 valence electrons. The van der Waals surface area contributed by atoms with Gasteiger partial charge in [0.15, 0.2) is 6.61 Å². The predicted octanol–water partition coefficient (Wildman–Crippen LogP) is 4.96. The average Bonchev–Trinajstić information content (AvgIpc) is 2.74. The lowest BCUT2D eigenvalue weighted by atomic mass is 10.2. The van der Waals surface area contributed by atoms with Crippen molar-refractivity contribution in [2.24, 2.45) is 0 Å². The Morgan fingerprint density at radius 2 is 1.69 bits per heavy atom. The predicted molar refractivity (Wildman–Crippen MR) is 114 cm³/mol. The highest BCUT2D eigenvalue weighted by atomic mass is 32.2. The van der Waals surface area contributed by atoms with E-state index in [9.17, 15) is 9.59 Å². The molecule has 3 aromatic carbocycles. The quantitative estimate of drug-likeness (QED) is 0.461. The van der Waals surface area contributed by atoms with Gasteiger partial charge in [0, 0.05) is 27.3 Å². The fraction of sp³-hybridized carbons (Fsp3) is 0.0435. The molecule has 0 aliphatic heterocycles. The molecule has 0 fully saturated rings. The van der Waals surface area contributed by atoms with Gasteiger partial charge in [0.2, 0.25) is 0 Å². The number of nitrogens with one attached hydrogen (secondary N) is 1. The minimum atomic E-state index is -0.431. The maximum absolute atomic E-state index is 12.4. The molecule has 4 aromatic rings. The summed E-state index contributed by atoms with van der Waals surface area (Å²) in [6, 6.07) is 25.7. The van der Waals surface area contributed by atoms with Gasteiger partial charge in [-0.2, -0.15) is 0 Å². The molecule has 4 rings (SSSR count). The molecule has 1 amide bonds. The van der Waals surface area contributed by atoms with Gasteiger partial charge < -0.3 is 14.5 Å². The number of benzene rings is 3. The van der Waals surface area contributed by atoms with E-state index in [0.29, 0.717) is 11.3 Å². The molecule has 6 heteroatoms. The standard InChI is InChI=1S/C23H17NO4S/c25-22(15-27-17-12-10-16-11-13-23(26)28-20(16)14-17)24-19-8-4-5-9-21(19)29-18-6-2-1-3-7-18/h1-14H,15H2,(H,24,25). The summed E-state index contributed by atoms with van der Waals surface area (Å²) in [7, 11) is 0. The summed E-state index contributed by atoms with van der Waals surface area (Å²) in [4.78, 5) is 25.8. The molecule has 29 heavy (non-hydrogen) atoms. The Labute approximate surface area is 171 Å². The van der Waals surface area contributed by atoms with E-state index in [1.807, 2.05) is 54.6 Å². The minimum Gasteiger partial charge on any atom is -0.484 e. The first-order chi connectivity index (χ1) is 14.2. The van der Waals surface area contributed by atoms with Crippen LogP contribution in [0.5, 0.6) is 5.75 Å². The van der Waals surface area contributed by atoms with Crippen LogP contribution in [0, 0.1) is 0 Å². The summed E-state index contributed by atoms with van der Waals surface area (Å²) in [5.41, 5.74) is 0.708. The van der Waals surface area contributed by atoms with Gasteiger partial charge >= 0.3 is 5.63 Å². The van der Waals surface area contributed by atoms with E-state index in [1.165, 1.54) is 6.07 Å². The van der Waals surface area contributed by atoms with Crippen LogP contribution in [-0.4, -0.2) is 12.5 Å². The van der Waals surface area contributed by atoms with E-state index in [2.05, 4.69) is 5.32 Å². The molecule has 1 aromatic heterocycles. The van der Waals surface area contributed by atoms with Gasteiger partial charge in [-0.1, -0.05) is 42.1 Å². The lowest BCUT2D eigenvalue weighted by Crippen LogP contribution is -2.20. The molecule has 1 N–H and O–H groups in total. The molecule has 0 atom stereocenters. The number of para-hydroxylation sites is 1. The van der Waals surface area contributed by atoms with Crippen molar-refractivity contribution in [1.29, 1.82) is 0 Å². The number of amides is 1. The van der Waals surface area contributed by atoms with Crippen molar-refractivity contribution in [3.8, 4) is 5.75 Å². The lowest BCUT2D eigenvalue weighted by Gasteiger charge is -2.11. The summed E-state index contributed by atoms with van der Waals surface area (Å²) in [5.74, 6) is 0.176. The summed E-state index contributed by atoms with van der Waals surface area (Å²) >= 11 is 1.58. The van der Waals surface area contributed by atoms with Crippen molar-refractivity contribution in [3.05, 3.63) is 95.3 Å². The van der Waals surface area contributed by atoms with Gasteiger partial charge in [-0.25, -0.2) is 4.79 Å². The third kappa shape index (κ3) is 4.86. The van der Waals surface area contributed by atoms with Gasteiger partial charge in [0.1, 0.15) is 11.3 Å². The van der Waals surface area contributed by atoms with Crippen LogP contribution < -0.4 is 15.7 Å². The number of carbonyl (C=O) groups excluding carboxylic acids is 1. The first kappa shape index (κ1) is 18.8. The van der Waals surface area contributed by atoms with Crippen LogP contribution in [0.4, 0.5) is 5.69 Å². The Morgan fingerprint density at radius 3 is 2.55 bits per heavy atom. The minimum absolute atomic E-state index is 0.160. The van der Waals surface area contributed by atoms with Crippen molar-refractivity contribution < 1.29 is 13.9 Å². The Kier molecular flexibility index (Phi) is 5.63. The fourth-order valence-corrected chi connectivity index (χ4v) is 3.66. The third-order valence-corrected chi connectivity index (χ3v) is 5.18. The van der Waals surface area contributed by atoms with Gasteiger partial charge in [-0.15, -0.1) is 0 Å². The smallest absolute Gasteiger partial charge is 0.336 e. The monoisotopic (exact) mass is 403 g/mol. The summed E-state index contributed by atoms with van der Waals surface area (Å²) < 4.78 is 10.7. The highest BCUT2D eigenvalue weighted by molar-refractivity contribution is 7.99. The van der Waals surface area contributed by atoms with Crippen LogP contribution in [0.3, 0.4) is 0 Å². The largest absolute Gasteiger partial charge is 0.484 e. The zero-order valence-electron chi connectivity index (χ0n) is 15.3. The van der Waals surface area contributed by atoms with Crippen molar-refractivity contribution in [2.45, 2.75) is 9.79 Å². The molecule has 0 radical (unpaired) electrons. The second kappa shape index (κ2) is 8.67. The molecular formula is C23H17NO4S. The van der Waals surface area contributed by atoms with E-state index >= 15 is 0 Å². The Hall–Kier alpha value is -3.51. The number of fused-ring (bicyclic) bond motifs is 1. The number of rotatable bonds is 6. The highest BCUT2D eigenvalue weighted by Crippen LogP contribution is 2.33. The molecule has 0 unspecified atom stereocenters. The van der Waals surface area contributed by atoms with Crippen LogP contribution in [0.25, 0.3) is 11.0 Å². The Balaban J connectivity index is 1.42. The molecular weight excluding hydrogens is 386 g/mol. The third-order valence-electron chi connectivity index (χ3n) is 4.10. The van der Waals surface area contributed by atoms with Crippen LogP contribution in [-0.2, 0) is 4.79 Å². The maximum Gasteiger partial charge on any atom is 0.336 e. The van der Waals surface area contributed by atoms with E-state index in [0.717, 1.165) is 20.9 Å². The van der Waals surface area contributed by atoms with Crippen molar-refractivity contribution in [3.63, 3.8) is 0 Å². The van der Waals surface area contributed by atoms with E-state index in [4.69, 9.17) is 9.15 Å². The first-order valence-electron chi connectivity index (χ1n) is 8.96. The molecule has 5 nitrogen and oxygen atoms in total.